The third-order valence-corrected chi connectivity index (χ3v) is 5.36. The lowest BCUT2D eigenvalue weighted by Crippen LogP contribution is -2.23. The number of carbonyl (C=O) groups excluding carboxylic acids is 3. The number of fused-ring (bicyclic) bond motifs is 1. The molecular formula is C24H27NO6. The van der Waals surface area contributed by atoms with Gasteiger partial charge in [0.25, 0.3) is 0 Å². The van der Waals surface area contributed by atoms with Crippen LogP contribution in [0.25, 0.3) is 0 Å². The minimum Gasteiger partial charge on any atom is -0.463 e. The Morgan fingerprint density at radius 1 is 1.10 bits per heavy atom. The molecule has 1 aliphatic rings. The highest BCUT2D eigenvalue weighted by atomic mass is 16.6. The van der Waals surface area contributed by atoms with Crippen molar-refractivity contribution in [3.05, 3.63) is 59.2 Å². The van der Waals surface area contributed by atoms with Crippen molar-refractivity contribution in [1.82, 2.24) is 0 Å². The molecule has 0 radical (unpaired) electrons. The highest BCUT2D eigenvalue weighted by molar-refractivity contribution is 5.82. The van der Waals surface area contributed by atoms with Gasteiger partial charge in [-0.1, -0.05) is 18.2 Å². The van der Waals surface area contributed by atoms with E-state index in [1.807, 2.05) is 18.2 Å². The number of esters is 3. The summed E-state index contributed by atoms with van der Waals surface area (Å²) in [7, 11) is 0. The summed E-state index contributed by atoms with van der Waals surface area (Å²) in [5.41, 5.74) is 9.29. The largest absolute Gasteiger partial charge is 0.463 e. The van der Waals surface area contributed by atoms with Crippen LogP contribution in [0.4, 0.5) is 5.69 Å². The van der Waals surface area contributed by atoms with Crippen LogP contribution in [0, 0.1) is 0 Å². The summed E-state index contributed by atoms with van der Waals surface area (Å²) >= 11 is 0. The number of rotatable bonds is 7. The Labute approximate surface area is 181 Å². The standard InChI is InChI=1S/C24H27NO6/c1-3-29-22(26)14-30-23(27)15(2)16-8-11-19(12-9-16)31-24(28)20-6-4-5-17-7-10-18(25)13-21(17)20/h7-13,15,20H,3-6,14,25H2,1-2H3. The highest BCUT2D eigenvalue weighted by Gasteiger charge is 2.28. The van der Waals surface area contributed by atoms with E-state index in [2.05, 4.69) is 0 Å². The van der Waals surface area contributed by atoms with E-state index >= 15 is 0 Å². The number of benzene rings is 2. The number of hydrogen-bond donors (Lipinski definition) is 1. The van der Waals surface area contributed by atoms with Crippen LogP contribution in [0.1, 0.15) is 55.2 Å². The fraction of sp³-hybridized carbons (Fsp3) is 0.375. The summed E-state index contributed by atoms with van der Waals surface area (Å²) in [6, 6.07) is 12.4. The predicted molar refractivity (Wildman–Crippen MR) is 115 cm³/mol. The lowest BCUT2D eigenvalue weighted by molar-refractivity contribution is -0.159. The van der Waals surface area contributed by atoms with Crippen molar-refractivity contribution in [2.45, 2.75) is 44.9 Å². The predicted octanol–water partition coefficient (Wildman–Crippen LogP) is 3.50. The highest BCUT2D eigenvalue weighted by Crippen LogP contribution is 2.34. The second kappa shape index (κ2) is 10.1. The molecule has 164 valence electrons. The zero-order valence-corrected chi connectivity index (χ0v) is 17.8. The number of anilines is 1. The first-order chi connectivity index (χ1) is 14.9. The molecule has 2 atom stereocenters. The Kier molecular flexibility index (Phi) is 7.28. The maximum absolute atomic E-state index is 12.8. The number of ether oxygens (including phenoxy) is 3. The van der Waals surface area contributed by atoms with E-state index in [1.165, 1.54) is 0 Å². The van der Waals surface area contributed by atoms with Gasteiger partial charge in [-0.15, -0.1) is 0 Å². The van der Waals surface area contributed by atoms with E-state index in [0.717, 1.165) is 30.4 Å². The molecule has 0 saturated carbocycles. The molecule has 31 heavy (non-hydrogen) atoms. The molecule has 2 aromatic rings. The van der Waals surface area contributed by atoms with Gasteiger partial charge in [-0.2, -0.15) is 0 Å². The molecule has 3 rings (SSSR count). The Balaban J connectivity index is 1.61. The van der Waals surface area contributed by atoms with Gasteiger partial charge in [0.1, 0.15) is 5.75 Å². The Morgan fingerprint density at radius 2 is 1.84 bits per heavy atom. The van der Waals surface area contributed by atoms with E-state index in [1.54, 1.807) is 38.1 Å². The quantitative estimate of drug-likeness (QED) is 0.411. The molecule has 1 aliphatic carbocycles. The smallest absolute Gasteiger partial charge is 0.344 e. The lowest BCUT2D eigenvalue weighted by atomic mass is 9.82. The van der Waals surface area contributed by atoms with Crippen LogP contribution in [-0.2, 0) is 30.3 Å². The van der Waals surface area contributed by atoms with Gasteiger partial charge in [-0.05, 0) is 74.1 Å². The number of aryl methyl sites for hydroxylation is 1. The maximum Gasteiger partial charge on any atom is 0.344 e. The van der Waals surface area contributed by atoms with Crippen LogP contribution in [0.3, 0.4) is 0 Å². The Bertz CT molecular complexity index is 953. The van der Waals surface area contributed by atoms with Crippen LogP contribution in [0.15, 0.2) is 42.5 Å². The number of hydrogen-bond acceptors (Lipinski definition) is 7. The molecule has 2 aromatic carbocycles. The third kappa shape index (κ3) is 5.63. The molecule has 0 saturated heterocycles. The van der Waals surface area contributed by atoms with Gasteiger partial charge in [-0.25, -0.2) is 4.79 Å². The Morgan fingerprint density at radius 3 is 2.55 bits per heavy atom. The average Bonchev–Trinajstić information content (AvgIpc) is 2.77. The molecule has 0 bridgehead atoms. The molecule has 0 fully saturated rings. The fourth-order valence-corrected chi connectivity index (χ4v) is 3.67. The van der Waals surface area contributed by atoms with E-state index in [4.69, 9.17) is 19.9 Å². The van der Waals surface area contributed by atoms with E-state index < -0.39 is 24.5 Å². The summed E-state index contributed by atoms with van der Waals surface area (Å²) in [5.74, 6) is -1.96. The third-order valence-electron chi connectivity index (χ3n) is 5.36. The van der Waals surface area contributed by atoms with Gasteiger partial charge >= 0.3 is 17.9 Å². The van der Waals surface area contributed by atoms with Crippen LogP contribution >= 0.6 is 0 Å². The monoisotopic (exact) mass is 425 g/mol. The van der Waals surface area contributed by atoms with E-state index in [0.29, 0.717) is 17.0 Å². The molecule has 2 unspecified atom stereocenters. The van der Waals surface area contributed by atoms with Crippen molar-refractivity contribution in [2.24, 2.45) is 0 Å². The van der Waals surface area contributed by atoms with Gasteiger partial charge in [0.2, 0.25) is 0 Å². The van der Waals surface area contributed by atoms with Crippen LogP contribution in [0.2, 0.25) is 0 Å². The minimum absolute atomic E-state index is 0.228. The second-order valence-corrected chi connectivity index (χ2v) is 7.53. The molecule has 7 heteroatoms. The molecular weight excluding hydrogens is 398 g/mol. The zero-order valence-electron chi connectivity index (χ0n) is 17.8. The lowest BCUT2D eigenvalue weighted by Gasteiger charge is -2.24. The Hall–Kier alpha value is -3.35. The average molecular weight is 425 g/mol. The van der Waals surface area contributed by atoms with Crippen molar-refractivity contribution in [1.29, 1.82) is 0 Å². The van der Waals surface area contributed by atoms with Gasteiger partial charge in [0.15, 0.2) is 6.61 Å². The summed E-state index contributed by atoms with van der Waals surface area (Å²) in [6.45, 7) is 3.17. The molecule has 0 heterocycles. The van der Waals surface area contributed by atoms with E-state index in [-0.39, 0.29) is 18.5 Å². The second-order valence-electron chi connectivity index (χ2n) is 7.53. The molecule has 0 aliphatic heterocycles. The topological polar surface area (TPSA) is 105 Å². The van der Waals surface area contributed by atoms with Gasteiger partial charge < -0.3 is 19.9 Å². The number of nitrogen functional groups attached to an aromatic ring is 1. The summed E-state index contributed by atoms with van der Waals surface area (Å²) in [4.78, 5) is 36.3. The first kappa shape index (κ1) is 22.3. The van der Waals surface area contributed by atoms with Crippen molar-refractivity contribution in [3.8, 4) is 5.75 Å². The summed E-state index contributed by atoms with van der Waals surface area (Å²) < 4.78 is 15.3. The normalized spacial score (nSPS) is 16.0. The van der Waals surface area contributed by atoms with Gasteiger partial charge in [-0.3, -0.25) is 9.59 Å². The first-order valence-electron chi connectivity index (χ1n) is 10.4. The van der Waals surface area contributed by atoms with Crippen molar-refractivity contribution < 1.29 is 28.6 Å². The van der Waals surface area contributed by atoms with Crippen molar-refractivity contribution in [3.63, 3.8) is 0 Å². The molecule has 0 aromatic heterocycles. The zero-order chi connectivity index (χ0) is 22.4. The maximum atomic E-state index is 12.8. The van der Waals surface area contributed by atoms with E-state index in [9.17, 15) is 14.4 Å². The van der Waals surface area contributed by atoms with Gasteiger partial charge in [0.05, 0.1) is 18.4 Å². The van der Waals surface area contributed by atoms with Crippen molar-refractivity contribution >= 4 is 23.6 Å². The van der Waals surface area contributed by atoms with Crippen LogP contribution in [-0.4, -0.2) is 31.1 Å². The molecule has 0 amide bonds. The van der Waals surface area contributed by atoms with Crippen LogP contribution < -0.4 is 10.5 Å². The number of nitrogens with two attached hydrogens (primary N) is 1. The minimum atomic E-state index is -0.587. The fourth-order valence-electron chi connectivity index (χ4n) is 3.67. The van der Waals surface area contributed by atoms with Crippen LogP contribution in [0.5, 0.6) is 5.75 Å². The molecule has 7 nitrogen and oxygen atoms in total. The molecule has 0 spiro atoms. The van der Waals surface area contributed by atoms with Crippen molar-refractivity contribution in [2.75, 3.05) is 18.9 Å². The van der Waals surface area contributed by atoms with Gasteiger partial charge in [0, 0.05) is 5.69 Å². The first-order valence-corrected chi connectivity index (χ1v) is 10.4. The molecule has 2 N–H and O–H groups in total. The number of carbonyl (C=O) groups is 3. The SMILES string of the molecule is CCOC(=O)COC(=O)C(C)c1ccc(OC(=O)C2CCCc3ccc(N)cc32)cc1. The summed E-state index contributed by atoms with van der Waals surface area (Å²) in [6.07, 6.45) is 2.57. The summed E-state index contributed by atoms with van der Waals surface area (Å²) in [5, 5.41) is 0.